The number of rotatable bonds is 3. The van der Waals surface area contributed by atoms with Crippen LogP contribution in [-0.2, 0) is 4.74 Å². The second kappa shape index (κ2) is 6.78. The number of methoxy groups -OCH3 is 1. The van der Waals surface area contributed by atoms with Gasteiger partial charge < -0.3 is 10.1 Å². The number of ketones is 1. The molecular formula is C23H17NO4. The molecule has 1 aliphatic carbocycles. The average Bonchev–Trinajstić information content (AvgIpc) is 3.02. The third-order valence-electron chi connectivity index (χ3n) is 4.99. The Morgan fingerprint density at radius 2 is 1.46 bits per heavy atom. The second-order valence-electron chi connectivity index (χ2n) is 6.53. The minimum atomic E-state index is -0.472. The number of nitrogens with one attached hydrogen (secondary N) is 1. The Morgan fingerprint density at radius 1 is 0.821 bits per heavy atom. The Bertz CT molecular complexity index is 1150. The van der Waals surface area contributed by atoms with Gasteiger partial charge in [-0.2, -0.15) is 0 Å². The zero-order valence-electron chi connectivity index (χ0n) is 15.4. The molecule has 138 valence electrons. The van der Waals surface area contributed by atoms with Gasteiger partial charge in [-0.25, -0.2) is 4.79 Å². The van der Waals surface area contributed by atoms with E-state index in [1.807, 2.05) is 24.3 Å². The van der Waals surface area contributed by atoms with Crippen molar-refractivity contribution in [1.29, 1.82) is 0 Å². The highest BCUT2D eigenvalue weighted by Crippen LogP contribution is 2.38. The van der Waals surface area contributed by atoms with Crippen molar-refractivity contribution >= 4 is 23.3 Å². The summed E-state index contributed by atoms with van der Waals surface area (Å²) in [4.78, 5) is 37.8. The van der Waals surface area contributed by atoms with Gasteiger partial charge in [-0.15, -0.1) is 0 Å². The molecular weight excluding hydrogens is 354 g/mol. The molecule has 0 fully saturated rings. The van der Waals surface area contributed by atoms with Crippen LogP contribution in [0.5, 0.6) is 0 Å². The summed E-state index contributed by atoms with van der Waals surface area (Å²) in [6.45, 7) is 1.73. The molecule has 0 saturated heterocycles. The van der Waals surface area contributed by atoms with Crippen molar-refractivity contribution in [3.8, 4) is 11.1 Å². The number of amides is 1. The van der Waals surface area contributed by atoms with Crippen LogP contribution < -0.4 is 5.32 Å². The second-order valence-corrected chi connectivity index (χ2v) is 6.53. The number of anilines is 1. The number of benzene rings is 3. The van der Waals surface area contributed by atoms with Crippen LogP contribution in [-0.4, -0.2) is 24.8 Å². The highest BCUT2D eigenvalue weighted by Gasteiger charge is 2.30. The average molecular weight is 371 g/mol. The predicted octanol–water partition coefficient (Wildman–Crippen LogP) is 4.25. The summed E-state index contributed by atoms with van der Waals surface area (Å²) in [5.41, 5.74) is 4.38. The van der Waals surface area contributed by atoms with Gasteiger partial charge in [0.05, 0.1) is 18.2 Å². The van der Waals surface area contributed by atoms with Crippen molar-refractivity contribution < 1.29 is 19.1 Å². The van der Waals surface area contributed by atoms with E-state index in [4.69, 9.17) is 4.74 Å². The summed E-state index contributed by atoms with van der Waals surface area (Å²) >= 11 is 0. The number of carbonyl (C=O) groups excluding carboxylic acids is 3. The summed E-state index contributed by atoms with van der Waals surface area (Å²) < 4.78 is 4.78. The SMILES string of the molecule is COC(=O)c1cccc(NC(=O)c2cccc3c2C(=O)c2ccccc2-3)c1C. The monoisotopic (exact) mass is 371 g/mol. The Balaban J connectivity index is 1.73. The van der Waals surface area contributed by atoms with Gasteiger partial charge in [0.1, 0.15) is 0 Å². The van der Waals surface area contributed by atoms with Gasteiger partial charge >= 0.3 is 5.97 Å². The van der Waals surface area contributed by atoms with Crippen LogP contribution in [0.25, 0.3) is 11.1 Å². The van der Waals surface area contributed by atoms with E-state index >= 15 is 0 Å². The molecule has 0 atom stereocenters. The largest absolute Gasteiger partial charge is 0.465 e. The minimum Gasteiger partial charge on any atom is -0.465 e. The van der Waals surface area contributed by atoms with E-state index in [2.05, 4.69) is 5.32 Å². The summed E-state index contributed by atoms with van der Waals surface area (Å²) in [7, 11) is 1.31. The Labute approximate surface area is 162 Å². The molecule has 4 rings (SSSR count). The molecule has 3 aromatic carbocycles. The van der Waals surface area contributed by atoms with Crippen LogP contribution in [0, 0.1) is 6.92 Å². The van der Waals surface area contributed by atoms with Crippen molar-refractivity contribution in [3.63, 3.8) is 0 Å². The first-order chi connectivity index (χ1) is 13.5. The van der Waals surface area contributed by atoms with E-state index in [9.17, 15) is 14.4 Å². The first-order valence-corrected chi connectivity index (χ1v) is 8.79. The summed E-state index contributed by atoms with van der Waals surface area (Å²) in [6.07, 6.45) is 0. The maximum absolute atomic E-state index is 13.0. The van der Waals surface area contributed by atoms with Gasteiger partial charge in [0.15, 0.2) is 5.78 Å². The first kappa shape index (κ1) is 17.7. The smallest absolute Gasteiger partial charge is 0.338 e. The van der Waals surface area contributed by atoms with E-state index in [0.29, 0.717) is 33.5 Å². The molecule has 5 nitrogen and oxygen atoms in total. The van der Waals surface area contributed by atoms with E-state index in [1.54, 1.807) is 43.3 Å². The maximum atomic E-state index is 13.0. The lowest BCUT2D eigenvalue weighted by Crippen LogP contribution is -2.17. The minimum absolute atomic E-state index is 0.156. The fraction of sp³-hybridized carbons (Fsp3) is 0.0870. The third kappa shape index (κ3) is 2.68. The fourth-order valence-corrected chi connectivity index (χ4v) is 3.55. The lowest BCUT2D eigenvalue weighted by atomic mass is 10.00. The number of carbonyl (C=O) groups is 3. The van der Waals surface area contributed by atoms with E-state index in [-0.39, 0.29) is 5.78 Å². The van der Waals surface area contributed by atoms with Crippen LogP contribution >= 0.6 is 0 Å². The molecule has 0 aliphatic heterocycles. The van der Waals surface area contributed by atoms with E-state index in [1.165, 1.54) is 7.11 Å². The molecule has 1 amide bonds. The molecule has 1 N–H and O–H groups in total. The number of hydrogen-bond acceptors (Lipinski definition) is 4. The highest BCUT2D eigenvalue weighted by molar-refractivity contribution is 6.26. The molecule has 0 saturated carbocycles. The lowest BCUT2D eigenvalue weighted by molar-refractivity contribution is 0.0599. The van der Waals surface area contributed by atoms with Gasteiger partial charge in [-0.3, -0.25) is 9.59 Å². The van der Waals surface area contributed by atoms with E-state index in [0.717, 1.165) is 11.1 Å². The standard InChI is InChI=1S/C23H17NO4/c1-13-14(23(27)28-2)9-6-12-19(13)24-22(26)18-11-5-10-16-15-7-3-4-8-17(15)21(25)20(16)18/h3-12H,1-2H3,(H,24,26). The molecule has 3 aromatic rings. The molecule has 1 aliphatic rings. The summed E-state index contributed by atoms with van der Waals surface area (Å²) in [6, 6.07) is 17.6. The first-order valence-electron chi connectivity index (χ1n) is 8.79. The van der Waals surface area contributed by atoms with Gasteiger partial charge in [-0.05, 0) is 41.8 Å². The van der Waals surface area contributed by atoms with Crippen LogP contribution in [0.2, 0.25) is 0 Å². The van der Waals surface area contributed by atoms with Crippen molar-refractivity contribution in [2.75, 3.05) is 12.4 Å². The number of hydrogen-bond donors (Lipinski definition) is 1. The highest BCUT2D eigenvalue weighted by atomic mass is 16.5. The molecule has 0 bridgehead atoms. The maximum Gasteiger partial charge on any atom is 0.338 e. The van der Waals surface area contributed by atoms with Crippen molar-refractivity contribution in [2.24, 2.45) is 0 Å². The Morgan fingerprint density at radius 3 is 2.21 bits per heavy atom. The molecule has 0 unspecified atom stereocenters. The Kier molecular flexibility index (Phi) is 4.28. The van der Waals surface area contributed by atoms with Crippen LogP contribution in [0.15, 0.2) is 60.7 Å². The zero-order chi connectivity index (χ0) is 19.8. The number of fused-ring (bicyclic) bond motifs is 3. The van der Waals surface area contributed by atoms with Gasteiger partial charge in [0, 0.05) is 16.8 Å². The number of ether oxygens (including phenoxy) is 1. The molecule has 28 heavy (non-hydrogen) atoms. The third-order valence-corrected chi connectivity index (χ3v) is 4.99. The van der Waals surface area contributed by atoms with Gasteiger partial charge in [0.2, 0.25) is 0 Å². The van der Waals surface area contributed by atoms with Crippen molar-refractivity contribution in [1.82, 2.24) is 0 Å². The zero-order valence-corrected chi connectivity index (χ0v) is 15.4. The normalized spacial score (nSPS) is 11.6. The topological polar surface area (TPSA) is 72.5 Å². The molecule has 0 spiro atoms. The molecule has 0 aromatic heterocycles. The van der Waals surface area contributed by atoms with Crippen molar-refractivity contribution in [3.05, 3.63) is 88.5 Å². The van der Waals surface area contributed by atoms with Gasteiger partial charge in [-0.1, -0.05) is 42.5 Å². The Hall–Kier alpha value is -3.73. The fourth-order valence-electron chi connectivity index (χ4n) is 3.55. The summed E-state index contributed by atoms with van der Waals surface area (Å²) in [5.74, 6) is -1.03. The van der Waals surface area contributed by atoms with Gasteiger partial charge in [0.25, 0.3) is 5.91 Å². The van der Waals surface area contributed by atoms with Crippen LogP contribution in [0.4, 0.5) is 5.69 Å². The predicted molar refractivity (Wildman–Crippen MR) is 106 cm³/mol. The van der Waals surface area contributed by atoms with E-state index < -0.39 is 11.9 Å². The molecule has 5 heteroatoms. The quantitative estimate of drug-likeness (QED) is 0.547. The summed E-state index contributed by atoms with van der Waals surface area (Å²) in [5, 5.41) is 2.82. The molecule has 0 radical (unpaired) electrons. The lowest BCUT2D eigenvalue weighted by Gasteiger charge is -2.13. The molecule has 0 heterocycles. The van der Waals surface area contributed by atoms with Crippen LogP contribution in [0.3, 0.4) is 0 Å². The van der Waals surface area contributed by atoms with Crippen molar-refractivity contribution in [2.45, 2.75) is 6.92 Å². The van der Waals surface area contributed by atoms with Crippen LogP contribution in [0.1, 0.15) is 42.2 Å². The number of esters is 1.